The highest BCUT2D eigenvalue weighted by Gasteiger charge is 2.27. The van der Waals surface area contributed by atoms with Gasteiger partial charge in [0.25, 0.3) is 0 Å². The molecular formula is C26H48Si2. The number of hydrogen-bond acceptors (Lipinski definition) is 0. The molecule has 0 atom stereocenters. The average Bonchev–Trinajstić information content (AvgIpc) is 2.60. The van der Waals surface area contributed by atoms with Gasteiger partial charge in [0, 0.05) is 0 Å². The van der Waals surface area contributed by atoms with Crippen molar-refractivity contribution in [3.05, 3.63) is 29.3 Å². The summed E-state index contributed by atoms with van der Waals surface area (Å²) in [4.78, 5) is 0. The van der Waals surface area contributed by atoms with Gasteiger partial charge < -0.3 is 0 Å². The summed E-state index contributed by atoms with van der Waals surface area (Å²) in [7, 11) is -2.77. The summed E-state index contributed by atoms with van der Waals surface area (Å²) in [5.74, 6) is 0. The molecule has 0 saturated carbocycles. The van der Waals surface area contributed by atoms with Crippen LogP contribution in [0.1, 0.15) is 82.8 Å². The molecule has 0 spiro atoms. The number of hydrogen-bond donors (Lipinski definition) is 0. The van der Waals surface area contributed by atoms with Crippen LogP contribution in [0.5, 0.6) is 0 Å². The number of aryl methyl sites for hydroxylation is 1. The van der Waals surface area contributed by atoms with Gasteiger partial charge in [0.15, 0.2) is 0 Å². The number of rotatable bonds is 13. The Bertz CT molecular complexity index is 565. The van der Waals surface area contributed by atoms with Gasteiger partial charge in [0.05, 0.1) is 16.1 Å². The molecule has 0 nitrogen and oxygen atoms in total. The lowest BCUT2D eigenvalue weighted by atomic mass is 10.0. The van der Waals surface area contributed by atoms with Gasteiger partial charge in [-0.2, -0.15) is 0 Å². The van der Waals surface area contributed by atoms with Gasteiger partial charge in [0.2, 0.25) is 0 Å². The molecule has 0 heterocycles. The molecule has 0 fully saturated rings. The summed E-state index contributed by atoms with van der Waals surface area (Å²) >= 11 is 0. The highest BCUT2D eigenvalue weighted by molar-refractivity contribution is 6.92. The van der Waals surface area contributed by atoms with Crippen molar-refractivity contribution in [1.29, 1.82) is 0 Å². The highest BCUT2D eigenvalue weighted by Crippen LogP contribution is 2.17. The van der Waals surface area contributed by atoms with Gasteiger partial charge in [0.1, 0.15) is 0 Å². The molecule has 0 saturated heterocycles. The topological polar surface area (TPSA) is 0 Å². The van der Waals surface area contributed by atoms with Crippen LogP contribution in [0.2, 0.25) is 39.3 Å². The van der Waals surface area contributed by atoms with Crippen molar-refractivity contribution in [2.45, 2.75) is 117 Å². The molecule has 0 aliphatic heterocycles. The maximum absolute atomic E-state index is 2.60. The third-order valence-electron chi connectivity index (χ3n) is 5.68. The molecular weight excluding hydrogens is 368 g/mol. The van der Waals surface area contributed by atoms with E-state index >= 15 is 0 Å². The molecule has 1 rings (SSSR count). The zero-order chi connectivity index (χ0) is 21.2. The Kier molecular flexibility index (Phi) is 11.1. The van der Waals surface area contributed by atoms with Crippen molar-refractivity contribution >= 4 is 32.6 Å². The van der Waals surface area contributed by atoms with Gasteiger partial charge in [-0.1, -0.05) is 126 Å². The van der Waals surface area contributed by atoms with E-state index in [0.29, 0.717) is 0 Å². The monoisotopic (exact) mass is 416 g/mol. The molecule has 0 aliphatic rings. The first-order chi connectivity index (χ1) is 13.1. The Hall–Kier alpha value is -0.606. The number of unbranched alkanes of at least 4 members (excludes halogenated alkanes) is 7. The molecule has 2 heteroatoms. The first-order valence-corrected chi connectivity index (χ1v) is 19.0. The smallest absolute Gasteiger partial charge is 0.0783 e. The van der Waals surface area contributed by atoms with E-state index in [1.165, 1.54) is 64.2 Å². The van der Waals surface area contributed by atoms with E-state index in [1.54, 1.807) is 21.5 Å². The Morgan fingerprint density at radius 1 is 0.679 bits per heavy atom. The quantitative estimate of drug-likeness (QED) is 0.226. The normalized spacial score (nSPS) is 12.9. The number of allylic oxidation sites excluding steroid dienone is 1. The molecule has 0 aromatic heterocycles. The van der Waals surface area contributed by atoms with Crippen molar-refractivity contribution in [1.82, 2.24) is 0 Å². The van der Waals surface area contributed by atoms with Gasteiger partial charge in [-0.05, 0) is 36.8 Å². The SMILES string of the molecule is CCCCCC/C=C/c1c([Si](C)(C)C)cc(CCCCCC)cc1[Si](C)(C)C. The second-order valence-corrected chi connectivity index (χ2v) is 20.7. The maximum Gasteiger partial charge on any atom is 0.0783 e. The van der Waals surface area contributed by atoms with Crippen LogP contribution >= 0.6 is 0 Å². The minimum Gasteiger partial charge on any atom is -0.0840 e. The highest BCUT2D eigenvalue weighted by atomic mass is 28.3. The number of benzene rings is 1. The van der Waals surface area contributed by atoms with Crippen molar-refractivity contribution in [2.24, 2.45) is 0 Å². The second kappa shape index (κ2) is 12.2. The molecule has 0 amide bonds. The van der Waals surface area contributed by atoms with Crippen LogP contribution in [0, 0.1) is 0 Å². The van der Waals surface area contributed by atoms with E-state index in [4.69, 9.17) is 0 Å². The zero-order valence-electron chi connectivity index (χ0n) is 20.4. The minimum atomic E-state index is -1.38. The predicted octanol–water partition coefficient (Wildman–Crippen LogP) is 7.88. The lowest BCUT2D eigenvalue weighted by Crippen LogP contribution is -2.48. The van der Waals surface area contributed by atoms with E-state index in [-0.39, 0.29) is 0 Å². The summed E-state index contributed by atoms with van der Waals surface area (Å²) in [5, 5.41) is 3.39. The largest absolute Gasteiger partial charge is 0.0840 e. The fraction of sp³-hybridized carbons (Fsp3) is 0.692. The van der Waals surface area contributed by atoms with Crippen LogP contribution in [0.15, 0.2) is 18.2 Å². The summed E-state index contributed by atoms with van der Waals surface area (Å²) in [6.07, 6.45) is 18.3. The third kappa shape index (κ3) is 8.82. The van der Waals surface area contributed by atoms with Crippen molar-refractivity contribution < 1.29 is 0 Å². The molecule has 0 radical (unpaired) electrons. The standard InChI is InChI=1S/C26H48Si2/c1-9-11-13-15-16-18-20-24-25(27(3,4)5)21-23(19-17-14-12-10-2)22-26(24)28(6,7)8/h18,20-22H,9-17,19H2,1-8H3/b20-18+. The van der Waals surface area contributed by atoms with E-state index in [1.807, 2.05) is 0 Å². The summed E-state index contributed by atoms with van der Waals surface area (Å²) < 4.78 is 0. The van der Waals surface area contributed by atoms with E-state index in [0.717, 1.165) is 0 Å². The molecule has 28 heavy (non-hydrogen) atoms. The van der Waals surface area contributed by atoms with Crippen molar-refractivity contribution in [2.75, 3.05) is 0 Å². The van der Waals surface area contributed by atoms with E-state index in [2.05, 4.69) is 77.4 Å². The van der Waals surface area contributed by atoms with Crippen LogP contribution in [-0.2, 0) is 6.42 Å². The molecule has 1 aromatic rings. The lowest BCUT2D eigenvalue weighted by molar-refractivity contribution is 0.667. The first-order valence-electron chi connectivity index (χ1n) is 12.0. The van der Waals surface area contributed by atoms with Crippen LogP contribution < -0.4 is 10.4 Å². The average molecular weight is 417 g/mol. The van der Waals surface area contributed by atoms with E-state index < -0.39 is 16.1 Å². The molecule has 1 aromatic carbocycles. The van der Waals surface area contributed by atoms with Crippen LogP contribution in [0.25, 0.3) is 6.08 Å². The van der Waals surface area contributed by atoms with Gasteiger partial charge in [-0.25, -0.2) is 0 Å². The maximum atomic E-state index is 2.60. The third-order valence-corrected chi connectivity index (χ3v) is 9.74. The Balaban J connectivity index is 3.20. The summed E-state index contributed by atoms with van der Waals surface area (Å²) in [6.45, 7) is 19.7. The van der Waals surface area contributed by atoms with Gasteiger partial charge in [-0.3, -0.25) is 0 Å². The van der Waals surface area contributed by atoms with Crippen molar-refractivity contribution in [3.63, 3.8) is 0 Å². The Morgan fingerprint density at radius 2 is 1.18 bits per heavy atom. The van der Waals surface area contributed by atoms with Crippen LogP contribution in [0.3, 0.4) is 0 Å². The summed E-state index contributed by atoms with van der Waals surface area (Å²) in [5.41, 5.74) is 3.21. The fourth-order valence-corrected chi connectivity index (χ4v) is 7.34. The zero-order valence-corrected chi connectivity index (χ0v) is 22.4. The molecule has 160 valence electrons. The molecule has 0 bridgehead atoms. The van der Waals surface area contributed by atoms with E-state index in [9.17, 15) is 0 Å². The Morgan fingerprint density at radius 3 is 1.64 bits per heavy atom. The van der Waals surface area contributed by atoms with Gasteiger partial charge >= 0.3 is 0 Å². The van der Waals surface area contributed by atoms with Crippen molar-refractivity contribution in [3.8, 4) is 0 Å². The van der Waals surface area contributed by atoms with Gasteiger partial charge in [-0.15, -0.1) is 0 Å². The van der Waals surface area contributed by atoms with Crippen LogP contribution in [-0.4, -0.2) is 16.1 Å². The minimum absolute atomic E-state index is 1.23. The Labute approximate surface area is 179 Å². The predicted molar refractivity (Wildman–Crippen MR) is 138 cm³/mol. The lowest BCUT2D eigenvalue weighted by Gasteiger charge is -2.28. The molecule has 0 unspecified atom stereocenters. The second-order valence-electron chi connectivity index (χ2n) is 10.7. The summed E-state index contributed by atoms with van der Waals surface area (Å²) in [6, 6.07) is 5.19. The first kappa shape index (κ1) is 25.4. The van der Waals surface area contributed by atoms with Crippen LogP contribution in [0.4, 0.5) is 0 Å². The fourth-order valence-electron chi connectivity index (χ4n) is 3.92. The molecule has 0 N–H and O–H groups in total. The molecule has 0 aliphatic carbocycles.